The lowest BCUT2D eigenvalue weighted by atomic mass is 10.1. The SMILES string of the molecule is CCC(NCC1(CO)CC1)c1cnn(C)c1. The van der Waals surface area contributed by atoms with E-state index in [4.69, 9.17) is 0 Å². The van der Waals surface area contributed by atoms with Crippen molar-refractivity contribution in [3.63, 3.8) is 0 Å². The Balaban J connectivity index is 1.91. The Labute approximate surface area is 96.7 Å². The molecule has 1 fully saturated rings. The highest BCUT2D eigenvalue weighted by Crippen LogP contribution is 2.44. The Morgan fingerprint density at radius 1 is 1.62 bits per heavy atom. The predicted molar refractivity (Wildman–Crippen MR) is 63.0 cm³/mol. The van der Waals surface area contributed by atoms with Crippen LogP contribution in [0.1, 0.15) is 37.8 Å². The fraction of sp³-hybridized carbons (Fsp3) is 0.750. The molecule has 90 valence electrons. The first kappa shape index (κ1) is 11.6. The largest absolute Gasteiger partial charge is 0.396 e. The van der Waals surface area contributed by atoms with E-state index in [1.54, 1.807) is 0 Å². The summed E-state index contributed by atoms with van der Waals surface area (Å²) in [5, 5.41) is 17.0. The molecule has 0 radical (unpaired) electrons. The van der Waals surface area contributed by atoms with Crippen molar-refractivity contribution < 1.29 is 5.11 Å². The number of nitrogens with zero attached hydrogens (tertiary/aromatic N) is 2. The molecular formula is C12H21N3O. The molecule has 1 aliphatic carbocycles. The van der Waals surface area contributed by atoms with Gasteiger partial charge < -0.3 is 10.4 Å². The normalized spacial score (nSPS) is 19.7. The van der Waals surface area contributed by atoms with Gasteiger partial charge in [-0.3, -0.25) is 4.68 Å². The smallest absolute Gasteiger partial charge is 0.0537 e. The lowest BCUT2D eigenvalue weighted by molar-refractivity contribution is 0.203. The molecule has 0 spiro atoms. The van der Waals surface area contributed by atoms with Crippen LogP contribution in [0.4, 0.5) is 0 Å². The minimum atomic E-state index is 0.176. The van der Waals surface area contributed by atoms with Crippen LogP contribution in [0.15, 0.2) is 12.4 Å². The van der Waals surface area contributed by atoms with Crippen molar-refractivity contribution in [3.8, 4) is 0 Å². The molecule has 4 nitrogen and oxygen atoms in total. The van der Waals surface area contributed by atoms with Crippen LogP contribution in [0, 0.1) is 5.41 Å². The van der Waals surface area contributed by atoms with Crippen LogP contribution in [0.5, 0.6) is 0 Å². The first-order chi connectivity index (χ1) is 7.69. The number of rotatable bonds is 6. The maximum absolute atomic E-state index is 9.26. The third-order valence-electron chi connectivity index (χ3n) is 3.55. The molecule has 1 aromatic heterocycles. The van der Waals surface area contributed by atoms with Crippen molar-refractivity contribution in [2.24, 2.45) is 12.5 Å². The van der Waals surface area contributed by atoms with Gasteiger partial charge in [0.05, 0.1) is 6.20 Å². The summed E-state index contributed by atoms with van der Waals surface area (Å²) in [5.41, 5.74) is 1.41. The summed E-state index contributed by atoms with van der Waals surface area (Å²) in [6.07, 6.45) is 7.33. The molecule has 0 amide bonds. The van der Waals surface area contributed by atoms with Gasteiger partial charge in [0, 0.05) is 43.4 Å². The topological polar surface area (TPSA) is 50.1 Å². The van der Waals surface area contributed by atoms with Crippen molar-refractivity contribution >= 4 is 0 Å². The molecule has 0 bridgehead atoms. The van der Waals surface area contributed by atoms with Crippen molar-refractivity contribution in [1.29, 1.82) is 0 Å². The van der Waals surface area contributed by atoms with Crippen LogP contribution in [0.25, 0.3) is 0 Å². The highest BCUT2D eigenvalue weighted by molar-refractivity contribution is 5.10. The fourth-order valence-corrected chi connectivity index (χ4v) is 2.03. The lowest BCUT2D eigenvalue weighted by Crippen LogP contribution is -2.29. The molecule has 1 saturated carbocycles. The van der Waals surface area contributed by atoms with Gasteiger partial charge in [-0.05, 0) is 19.3 Å². The van der Waals surface area contributed by atoms with E-state index < -0.39 is 0 Å². The number of hydrogen-bond acceptors (Lipinski definition) is 3. The molecule has 0 aromatic carbocycles. The Hall–Kier alpha value is -0.870. The molecule has 1 atom stereocenters. The number of hydrogen-bond donors (Lipinski definition) is 2. The van der Waals surface area contributed by atoms with Gasteiger partial charge >= 0.3 is 0 Å². The van der Waals surface area contributed by atoms with Gasteiger partial charge in [0.1, 0.15) is 0 Å². The lowest BCUT2D eigenvalue weighted by Gasteiger charge is -2.19. The zero-order valence-corrected chi connectivity index (χ0v) is 10.1. The third-order valence-corrected chi connectivity index (χ3v) is 3.55. The van der Waals surface area contributed by atoms with Crippen LogP contribution in [-0.2, 0) is 7.05 Å². The van der Waals surface area contributed by atoms with E-state index in [1.165, 1.54) is 5.56 Å². The van der Waals surface area contributed by atoms with Gasteiger partial charge in [0.25, 0.3) is 0 Å². The van der Waals surface area contributed by atoms with Gasteiger partial charge in [0.2, 0.25) is 0 Å². The third kappa shape index (κ3) is 2.44. The van der Waals surface area contributed by atoms with Gasteiger partial charge in [-0.15, -0.1) is 0 Å². The summed E-state index contributed by atoms with van der Waals surface area (Å²) in [4.78, 5) is 0. The molecule has 2 N–H and O–H groups in total. The minimum Gasteiger partial charge on any atom is -0.396 e. The zero-order chi connectivity index (χ0) is 11.6. The van der Waals surface area contributed by atoms with Crippen LogP contribution in [0.2, 0.25) is 0 Å². The second kappa shape index (κ2) is 4.55. The van der Waals surface area contributed by atoms with Crippen molar-refractivity contribution in [3.05, 3.63) is 18.0 Å². The summed E-state index contributed by atoms with van der Waals surface area (Å²) < 4.78 is 1.83. The molecule has 0 saturated heterocycles. The Kier molecular flexibility index (Phi) is 3.30. The van der Waals surface area contributed by atoms with Crippen LogP contribution in [-0.4, -0.2) is 28.0 Å². The number of aryl methyl sites for hydroxylation is 1. The monoisotopic (exact) mass is 223 g/mol. The summed E-state index contributed by atoms with van der Waals surface area (Å²) in [6.45, 7) is 3.39. The molecule has 0 aliphatic heterocycles. The van der Waals surface area contributed by atoms with Crippen molar-refractivity contribution in [2.75, 3.05) is 13.2 Å². The Bertz CT molecular complexity index is 344. The van der Waals surface area contributed by atoms with E-state index in [0.717, 1.165) is 25.8 Å². The Morgan fingerprint density at radius 2 is 2.38 bits per heavy atom. The molecule has 1 aliphatic rings. The molecule has 1 unspecified atom stereocenters. The van der Waals surface area contributed by atoms with Crippen LogP contribution >= 0.6 is 0 Å². The van der Waals surface area contributed by atoms with Gasteiger partial charge in [-0.2, -0.15) is 5.10 Å². The zero-order valence-electron chi connectivity index (χ0n) is 10.1. The minimum absolute atomic E-state index is 0.176. The molecule has 2 rings (SSSR count). The van der Waals surface area contributed by atoms with E-state index in [-0.39, 0.29) is 5.41 Å². The Morgan fingerprint density at radius 3 is 2.81 bits per heavy atom. The summed E-state index contributed by atoms with van der Waals surface area (Å²) >= 11 is 0. The van der Waals surface area contributed by atoms with Crippen molar-refractivity contribution in [2.45, 2.75) is 32.2 Å². The summed E-state index contributed by atoms with van der Waals surface area (Å²) in [7, 11) is 1.94. The van der Waals surface area contributed by atoms with E-state index in [2.05, 4.69) is 23.5 Å². The first-order valence-corrected chi connectivity index (χ1v) is 6.02. The quantitative estimate of drug-likeness (QED) is 0.762. The molecule has 4 heteroatoms. The van der Waals surface area contributed by atoms with E-state index >= 15 is 0 Å². The highest BCUT2D eigenvalue weighted by atomic mass is 16.3. The van der Waals surface area contributed by atoms with Gasteiger partial charge in [0.15, 0.2) is 0 Å². The summed E-state index contributed by atoms with van der Waals surface area (Å²) in [6, 6.07) is 0.359. The fourth-order valence-electron chi connectivity index (χ4n) is 2.03. The number of aliphatic hydroxyl groups is 1. The van der Waals surface area contributed by atoms with E-state index in [1.807, 2.05) is 17.9 Å². The maximum Gasteiger partial charge on any atom is 0.0537 e. The van der Waals surface area contributed by atoms with Crippen molar-refractivity contribution in [1.82, 2.24) is 15.1 Å². The second-order valence-corrected chi connectivity index (χ2v) is 4.95. The van der Waals surface area contributed by atoms with E-state index in [0.29, 0.717) is 12.6 Å². The number of aromatic nitrogens is 2. The molecule has 1 aromatic rings. The second-order valence-electron chi connectivity index (χ2n) is 4.95. The van der Waals surface area contributed by atoms with E-state index in [9.17, 15) is 5.11 Å². The molecule has 1 heterocycles. The number of aliphatic hydroxyl groups excluding tert-OH is 1. The maximum atomic E-state index is 9.26. The highest BCUT2D eigenvalue weighted by Gasteiger charge is 2.41. The average molecular weight is 223 g/mol. The predicted octanol–water partition coefficient (Wildman–Crippen LogP) is 1.23. The molecule has 16 heavy (non-hydrogen) atoms. The van der Waals surface area contributed by atoms with Gasteiger partial charge in [-0.1, -0.05) is 6.92 Å². The average Bonchev–Trinajstić information content (AvgIpc) is 2.96. The van der Waals surface area contributed by atoms with Crippen LogP contribution in [0.3, 0.4) is 0 Å². The number of nitrogens with one attached hydrogen (secondary N) is 1. The standard InChI is InChI=1S/C12H21N3O/c1-3-11(10-6-14-15(2)7-10)13-8-12(9-16)4-5-12/h6-7,11,13,16H,3-5,8-9H2,1-2H3. The summed E-state index contributed by atoms with van der Waals surface area (Å²) in [5.74, 6) is 0. The first-order valence-electron chi connectivity index (χ1n) is 6.02. The van der Waals surface area contributed by atoms with Crippen LogP contribution < -0.4 is 5.32 Å². The molecular weight excluding hydrogens is 202 g/mol. The van der Waals surface area contributed by atoms with Gasteiger partial charge in [-0.25, -0.2) is 0 Å².